The number of cyclic esters (lactones) is 1. The number of ether oxygens (including phenoxy) is 1. The molecule has 1 N–H and O–H groups in total. The standard InChI is InChI=1S/C29H23ClN6O4/c30-23-11-12-25(36-18-32-34-35-36)22(16-23)10-13-27(38)33-24(14-19-4-2-1-3-5-19)26(37)15-20-6-8-21(9-7-20)29-31-17-28(39)40-29/h1-13,16,18,24H,14-15,17H2,(H,33,38)/b13-10+/t24-/m0/s1. The molecule has 5 rings (SSSR count). The minimum Gasteiger partial charge on any atom is -0.406 e. The number of Topliss-reactive ketones (excluding diaryl/α,β-unsaturated/α-hetero) is 1. The molecule has 0 spiro atoms. The van der Waals surface area contributed by atoms with E-state index in [9.17, 15) is 14.4 Å². The molecule has 0 bridgehead atoms. The number of carbonyl (C=O) groups excluding carboxylic acids is 3. The minimum absolute atomic E-state index is 0.00115. The Labute approximate surface area is 234 Å². The summed E-state index contributed by atoms with van der Waals surface area (Å²) in [6, 6.07) is 20.9. The number of rotatable bonds is 10. The Kier molecular flexibility index (Phi) is 8.17. The van der Waals surface area contributed by atoms with Crippen molar-refractivity contribution in [2.24, 2.45) is 4.99 Å². The average Bonchev–Trinajstić information content (AvgIpc) is 3.65. The molecule has 1 atom stereocenters. The predicted molar refractivity (Wildman–Crippen MR) is 148 cm³/mol. The summed E-state index contributed by atoms with van der Waals surface area (Å²) in [6.07, 6.45) is 4.82. The molecule has 3 aromatic carbocycles. The molecule has 0 unspecified atom stereocenters. The first-order valence-electron chi connectivity index (χ1n) is 12.4. The van der Waals surface area contributed by atoms with Crippen LogP contribution in [0.1, 0.15) is 22.3 Å². The molecule has 0 aliphatic carbocycles. The van der Waals surface area contributed by atoms with Crippen molar-refractivity contribution < 1.29 is 19.1 Å². The number of aliphatic imine (C=N–C) groups is 1. The molecule has 0 fully saturated rings. The van der Waals surface area contributed by atoms with Crippen LogP contribution in [0.15, 0.2) is 90.2 Å². The SMILES string of the molecule is O=C(/C=C/c1cc(Cl)ccc1-n1cnnn1)N[C@@H](Cc1ccccc1)C(=O)Cc1ccc(C2=NCC(=O)O2)cc1. The van der Waals surface area contributed by atoms with Gasteiger partial charge in [-0.25, -0.2) is 9.79 Å². The van der Waals surface area contributed by atoms with E-state index < -0.39 is 17.9 Å². The molecule has 0 saturated heterocycles. The number of ketones is 1. The van der Waals surface area contributed by atoms with Crippen molar-refractivity contribution in [1.82, 2.24) is 25.5 Å². The van der Waals surface area contributed by atoms with Gasteiger partial charge < -0.3 is 10.1 Å². The average molecular weight is 555 g/mol. The van der Waals surface area contributed by atoms with E-state index in [4.69, 9.17) is 16.3 Å². The third-order valence-electron chi connectivity index (χ3n) is 6.13. The number of amides is 1. The molecular weight excluding hydrogens is 532 g/mol. The molecule has 1 amide bonds. The van der Waals surface area contributed by atoms with Crippen LogP contribution in [0.25, 0.3) is 11.8 Å². The van der Waals surface area contributed by atoms with Gasteiger partial charge in [0.25, 0.3) is 0 Å². The smallest absolute Gasteiger partial charge is 0.334 e. The van der Waals surface area contributed by atoms with Crippen molar-refractivity contribution in [1.29, 1.82) is 0 Å². The lowest BCUT2D eigenvalue weighted by molar-refractivity contribution is -0.132. The van der Waals surface area contributed by atoms with Crippen LogP contribution in [0.2, 0.25) is 5.02 Å². The van der Waals surface area contributed by atoms with Gasteiger partial charge in [0.15, 0.2) is 5.78 Å². The van der Waals surface area contributed by atoms with E-state index in [1.165, 1.54) is 17.1 Å². The molecule has 11 heteroatoms. The Morgan fingerprint density at radius 3 is 2.55 bits per heavy atom. The fourth-order valence-electron chi connectivity index (χ4n) is 4.17. The van der Waals surface area contributed by atoms with Crippen LogP contribution in [-0.4, -0.2) is 56.4 Å². The van der Waals surface area contributed by atoms with Crippen LogP contribution in [0, 0.1) is 0 Å². The Hall–Kier alpha value is -4.96. The Morgan fingerprint density at radius 2 is 1.85 bits per heavy atom. The van der Waals surface area contributed by atoms with Gasteiger partial charge in [-0.2, -0.15) is 4.68 Å². The fourth-order valence-corrected chi connectivity index (χ4v) is 4.35. The summed E-state index contributed by atoms with van der Waals surface area (Å²) in [5, 5.41) is 14.5. The summed E-state index contributed by atoms with van der Waals surface area (Å²) in [5.41, 5.74) is 3.59. The Balaban J connectivity index is 1.30. The quantitative estimate of drug-likeness (QED) is 0.235. The number of nitrogens with one attached hydrogen (secondary N) is 1. The number of aromatic nitrogens is 4. The number of carbonyl (C=O) groups is 3. The van der Waals surface area contributed by atoms with Gasteiger partial charge in [-0.1, -0.05) is 54.1 Å². The molecule has 1 aliphatic rings. The van der Waals surface area contributed by atoms with E-state index in [1.54, 1.807) is 48.5 Å². The van der Waals surface area contributed by atoms with Gasteiger partial charge in [-0.3, -0.25) is 9.59 Å². The molecule has 4 aromatic rings. The van der Waals surface area contributed by atoms with Crippen molar-refractivity contribution in [3.8, 4) is 5.69 Å². The maximum atomic E-state index is 13.4. The molecule has 1 aromatic heterocycles. The number of nitrogens with zero attached hydrogens (tertiary/aromatic N) is 5. The van der Waals surface area contributed by atoms with Crippen LogP contribution in [0.5, 0.6) is 0 Å². The molecule has 40 heavy (non-hydrogen) atoms. The van der Waals surface area contributed by atoms with E-state index in [0.29, 0.717) is 28.3 Å². The highest BCUT2D eigenvalue weighted by Crippen LogP contribution is 2.20. The zero-order valence-electron chi connectivity index (χ0n) is 21.1. The molecule has 0 saturated carbocycles. The number of hydrogen-bond acceptors (Lipinski definition) is 8. The number of benzene rings is 3. The van der Waals surface area contributed by atoms with Crippen molar-refractivity contribution in [3.05, 3.63) is 112 Å². The summed E-state index contributed by atoms with van der Waals surface area (Å²) in [6.45, 7) is 0.00115. The molecule has 0 radical (unpaired) electrons. The lowest BCUT2D eigenvalue weighted by Crippen LogP contribution is -2.42. The van der Waals surface area contributed by atoms with Gasteiger partial charge in [0.2, 0.25) is 11.8 Å². The third kappa shape index (κ3) is 6.72. The van der Waals surface area contributed by atoms with Gasteiger partial charge in [-0.05, 0) is 64.4 Å². The van der Waals surface area contributed by atoms with Gasteiger partial charge in [0.05, 0.1) is 11.7 Å². The zero-order chi connectivity index (χ0) is 27.9. The van der Waals surface area contributed by atoms with Crippen LogP contribution >= 0.6 is 11.6 Å². The topological polar surface area (TPSA) is 128 Å². The van der Waals surface area contributed by atoms with E-state index in [-0.39, 0.29) is 24.6 Å². The van der Waals surface area contributed by atoms with Crippen LogP contribution in [0.3, 0.4) is 0 Å². The highest BCUT2D eigenvalue weighted by molar-refractivity contribution is 6.30. The van der Waals surface area contributed by atoms with Gasteiger partial charge >= 0.3 is 5.97 Å². The number of esters is 1. The second-order valence-electron chi connectivity index (χ2n) is 8.98. The van der Waals surface area contributed by atoms with Crippen molar-refractivity contribution >= 4 is 41.2 Å². The lowest BCUT2D eigenvalue weighted by Gasteiger charge is -2.17. The van der Waals surface area contributed by atoms with E-state index in [2.05, 4.69) is 25.8 Å². The maximum Gasteiger partial charge on any atom is 0.334 e. The highest BCUT2D eigenvalue weighted by atomic mass is 35.5. The summed E-state index contributed by atoms with van der Waals surface area (Å²) in [4.78, 5) is 41.8. The number of hydrogen-bond donors (Lipinski definition) is 1. The molecule has 10 nitrogen and oxygen atoms in total. The van der Waals surface area contributed by atoms with Gasteiger partial charge in [-0.15, -0.1) is 5.10 Å². The second kappa shape index (κ2) is 12.3. The largest absolute Gasteiger partial charge is 0.406 e. The monoisotopic (exact) mass is 554 g/mol. The third-order valence-corrected chi connectivity index (χ3v) is 6.36. The van der Waals surface area contributed by atoms with Crippen molar-refractivity contribution in [2.45, 2.75) is 18.9 Å². The van der Waals surface area contributed by atoms with Crippen LogP contribution in [0.4, 0.5) is 0 Å². The minimum atomic E-state index is -0.766. The van der Waals surface area contributed by atoms with Crippen LogP contribution < -0.4 is 5.32 Å². The molecule has 1 aliphatic heterocycles. The van der Waals surface area contributed by atoms with E-state index >= 15 is 0 Å². The lowest BCUT2D eigenvalue weighted by atomic mass is 9.97. The first-order chi connectivity index (χ1) is 19.4. The summed E-state index contributed by atoms with van der Waals surface area (Å²) < 4.78 is 6.54. The van der Waals surface area contributed by atoms with E-state index in [1.807, 2.05) is 30.3 Å². The number of tetrazole rings is 1. The predicted octanol–water partition coefficient (Wildman–Crippen LogP) is 3.17. The maximum absolute atomic E-state index is 13.4. The van der Waals surface area contributed by atoms with Crippen molar-refractivity contribution in [2.75, 3.05) is 6.54 Å². The second-order valence-corrected chi connectivity index (χ2v) is 9.41. The Bertz CT molecular complexity index is 1580. The first kappa shape index (κ1) is 26.6. The number of halogens is 1. The summed E-state index contributed by atoms with van der Waals surface area (Å²) in [7, 11) is 0. The zero-order valence-corrected chi connectivity index (χ0v) is 21.9. The molecule has 2 heterocycles. The normalized spacial score (nSPS) is 13.6. The van der Waals surface area contributed by atoms with Crippen LogP contribution in [-0.2, 0) is 32.0 Å². The molecular formula is C29H23ClN6O4. The fraction of sp³-hybridized carbons (Fsp3) is 0.138. The van der Waals surface area contributed by atoms with E-state index in [0.717, 1.165) is 11.1 Å². The summed E-state index contributed by atoms with van der Waals surface area (Å²) >= 11 is 6.17. The first-order valence-corrected chi connectivity index (χ1v) is 12.7. The van der Waals surface area contributed by atoms with Crippen molar-refractivity contribution in [3.63, 3.8) is 0 Å². The highest BCUT2D eigenvalue weighted by Gasteiger charge is 2.22. The van der Waals surface area contributed by atoms with Gasteiger partial charge in [0.1, 0.15) is 12.9 Å². The van der Waals surface area contributed by atoms with Gasteiger partial charge in [0, 0.05) is 28.6 Å². The summed E-state index contributed by atoms with van der Waals surface area (Å²) in [5.74, 6) is -0.718. The Morgan fingerprint density at radius 1 is 1.05 bits per heavy atom. The molecule has 200 valence electrons.